The summed E-state index contributed by atoms with van der Waals surface area (Å²) in [5.74, 6) is 0. The molecule has 3 aromatic heterocycles. The van der Waals surface area contributed by atoms with E-state index in [-0.39, 0.29) is 5.41 Å². The molecule has 0 aliphatic carbocycles. The molecule has 0 radical (unpaired) electrons. The van der Waals surface area contributed by atoms with Crippen molar-refractivity contribution < 1.29 is 4.42 Å². The number of benzene rings is 2. The van der Waals surface area contributed by atoms with Gasteiger partial charge in [-0.2, -0.15) is 0 Å². The molecule has 0 saturated heterocycles. The molecular formula is C26H24N2O. The Labute approximate surface area is 170 Å². The van der Waals surface area contributed by atoms with Crippen molar-refractivity contribution in [1.29, 1.82) is 0 Å². The van der Waals surface area contributed by atoms with Crippen LogP contribution in [0.4, 0.5) is 0 Å². The third kappa shape index (κ3) is 3.17. The van der Waals surface area contributed by atoms with Gasteiger partial charge in [0.1, 0.15) is 11.1 Å². The Morgan fingerprint density at radius 2 is 1.69 bits per heavy atom. The molecule has 5 aromatic rings. The lowest BCUT2D eigenvalue weighted by atomic mass is 9.88. The monoisotopic (exact) mass is 380 g/mol. The van der Waals surface area contributed by atoms with Crippen LogP contribution in [0.1, 0.15) is 32.0 Å². The van der Waals surface area contributed by atoms with Crippen LogP contribution in [0.5, 0.6) is 0 Å². The van der Waals surface area contributed by atoms with Gasteiger partial charge in [0.15, 0.2) is 5.58 Å². The third-order valence-electron chi connectivity index (χ3n) is 5.30. The third-order valence-corrected chi connectivity index (χ3v) is 5.30. The molecule has 2 aromatic carbocycles. The predicted octanol–water partition coefficient (Wildman–Crippen LogP) is 7.09. The van der Waals surface area contributed by atoms with E-state index in [2.05, 4.69) is 74.3 Å². The van der Waals surface area contributed by atoms with Gasteiger partial charge < -0.3 is 4.42 Å². The van der Waals surface area contributed by atoms with Crippen molar-refractivity contribution in [2.24, 2.45) is 5.41 Å². The Bertz CT molecular complexity index is 1370. The van der Waals surface area contributed by atoms with Crippen LogP contribution in [-0.2, 0) is 6.42 Å². The van der Waals surface area contributed by atoms with Crippen molar-refractivity contribution in [3.05, 3.63) is 72.1 Å². The van der Waals surface area contributed by atoms with E-state index in [1.165, 1.54) is 5.56 Å². The molecule has 3 heteroatoms. The highest BCUT2D eigenvalue weighted by Crippen LogP contribution is 2.38. The van der Waals surface area contributed by atoms with Crippen LogP contribution in [0.15, 0.2) is 65.2 Å². The summed E-state index contributed by atoms with van der Waals surface area (Å²) in [6, 6.07) is 19.0. The van der Waals surface area contributed by atoms with Gasteiger partial charge in [0.05, 0.1) is 5.69 Å². The normalized spacial score (nSPS) is 12.3. The number of rotatable bonds is 2. The van der Waals surface area contributed by atoms with E-state index in [9.17, 15) is 0 Å². The fourth-order valence-electron chi connectivity index (χ4n) is 4.08. The lowest BCUT2D eigenvalue weighted by Gasteiger charge is -2.18. The van der Waals surface area contributed by atoms with Crippen molar-refractivity contribution in [2.75, 3.05) is 0 Å². The number of pyridine rings is 2. The average molecular weight is 380 g/mol. The number of hydrogen-bond donors (Lipinski definition) is 0. The summed E-state index contributed by atoms with van der Waals surface area (Å²) in [5.41, 5.74) is 7.12. The summed E-state index contributed by atoms with van der Waals surface area (Å²) in [7, 11) is 0. The molecule has 0 spiro atoms. The summed E-state index contributed by atoms with van der Waals surface area (Å²) >= 11 is 0. The SMILES string of the molecule is Cc1ccc2ccc3c4cccc(-c5cc(CC(C)(C)C)ccn5)c4oc3c2n1. The fraction of sp³-hybridized carbons (Fsp3) is 0.231. The first-order valence-corrected chi connectivity index (χ1v) is 10.1. The smallest absolute Gasteiger partial charge is 0.161 e. The molecule has 0 fully saturated rings. The zero-order valence-corrected chi connectivity index (χ0v) is 17.3. The second-order valence-corrected chi connectivity index (χ2v) is 9.04. The van der Waals surface area contributed by atoms with Crippen LogP contribution in [0.25, 0.3) is 44.1 Å². The first-order valence-electron chi connectivity index (χ1n) is 10.1. The number of fused-ring (bicyclic) bond motifs is 5. The van der Waals surface area contributed by atoms with Gasteiger partial charge in [-0.05, 0) is 54.7 Å². The summed E-state index contributed by atoms with van der Waals surface area (Å²) in [6.07, 6.45) is 2.91. The maximum absolute atomic E-state index is 6.44. The molecule has 144 valence electrons. The van der Waals surface area contributed by atoms with Crippen LogP contribution in [0.2, 0.25) is 0 Å². The van der Waals surface area contributed by atoms with Gasteiger partial charge in [-0.3, -0.25) is 4.98 Å². The Balaban J connectivity index is 1.75. The molecule has 3 nitrogen and oxygen atoms in total. The summed E-state index contributed by atoms with van der Waals surface area (Å²) in [5, 5.41) is 3.29. The van der Waals surface area contributed by atoms with Crippen LogP contribution in [0.3, 0.4) is 0 Å². The first kappa shape index (κ1) is 17.9. The number of aromatic nitrogens is 2. The van der Waals surface area contributed by atoms with Crippen LogP contribution in [0, 0.1) is 12.3 Å². The van der Waals surface area contributed by atoms with Gasteiger partial charge in [-0.25, -0.2) is 4.98 Å². The number of furan rings is 1. The van der Waals surface area contributed by atoms with Crippen molar-refractivity contribution in [3.63, 3.8) is 0 Å². The van der Waals surface area contributed by atoms with Crippen molar-refractivity contribution in [3.8, 4) is 11.3 Å². The minimum Gasteiger partial charge on any atom is -0.453 e. The summed E-state index contributed by atoms with van der Waals surface area (Å²) in [6.45, 7) is 8.78. The minimum absolute atomic E-state index is 0.229. The summed E-state index contributed by atoms with van der Waals surface area (Å²) in [4.78, 5) is 9.41. The highest BCUT2D eigenvalue weighted by molar-refractivity contribution is 6.16. The fourth-order valence-corrected chi connectivity index (χ4v) is 4.08. The number of aryl methyl sites for hydroxylation is 1. The molecular weight excluding hydrogens is 356 g/mol. The van der Waals surface area contributed by atoms with E-state index in [0.29, 0.717) is 0 Å². The maximum Gasteiger partial charge on any atom is 0.161 e. The Morgan fingerprint density at radius 3 is 2.52 bits per heavy atom. The topological polar surface area (TPSA) is 38.9 Å². The van der Waals surface area contributed by atoms with E-state index in [0.717, 1.165) is 56.2 Å². The van der Waals surface area contributed by atoms with Crippen LogP contribution in [-0.4, -0.2) is 9.97 Å². The molecule has 0 bridgehead atoms. The lowest BCUT2D eigenvalue weighted by molar-refractivity contribution is 0.411. The van der Waals surface area contributed by atoms with Gasteiger partial charge in [-0.15, -0.1) is 0 Å². The Kier molecular flexibility index (Phi) is 3.95. The van der Waals surface area contributed by atoms with Crippen molar-refractivity contribution >= 4 is 32.8 Å². The van der Waals surface area contributed by atoms with Gasteiger partial charge in [0.25, 0.3) is 0 Å². The predicted molar refractivity (Wildman–Crippen MR) is 120 cm³/mol. The van der Waals surface area contributed by atoms with E-state index in [1.807, 2.05) is 19.2 Å². The van der Waals surface area contributed by atoms with E-state index < -0.39 is 0 Å². The molecule has 0 amide bonds. The first-order chi connectivity index (χ1) is 13.9. The number of para-hydroxylation sites is 1. The second-order valence-electron chi connectivity index (χ2n) is 9.04. The molecule has 0 aliphatic rings. The standard InChI is InChI=1S/C26H24N2O/c1-16-8-9-18-10-11-20-19-6-5-7-21(24(19)29-25(20)23(18)28-16)22-14-17(12-13-27-22)15-26(2,3)4/h5-14H,15H2,1-4H3. The van der Waals surface area contributed by atoms with Crippen LogP contribution < -0.4 is 0 Å². The van der Waals surface area contributed by atoms with E-state index in [4.69, 9.17) is 9.40 Å². The molecule has 5 rings (SSSR count). The molecule has 0 N–H and O–H groups in total. The lowest BCUT2D eigenvalue weighted by Crippen LogP contribution is -2.09. The molecule has 0 saturated carbocycles. The largest absolute Gasteiger partial charge is 0.453 e. The van der Waals surface area contributed by atoms with Gasteiger partial charge in [-0.1, -0.05) is 45.0 Å². The zero-order chi connectivity index (χ0) is 20.2. The Morgan fingerprint density at radius 1 is 0.897 bits per heavy atom. The zero-order valence-electron chi connectivity index (χ0n) is 17.3. The van der Waals surface area contributed by atoms with Crippen molar-refractivity contribution in [1.82, 2.24) is 9.97 Å². The quantitative estimate of drug-likeness (QED) is 0.328. The van der Waals surface area contributed by atoms with Crippen molar-refractivity contribution in [2.45, 2.75) is 34.1 Å². The minimum atomic E-state index is 0.229. The highest BCUT2D eigenvalue weighted by Gasteiger charge is 2.17. The van der Waals surface area contributed by atoms with Crippen LogP contribution >= 0.6 is 0 Å². The molecule has 3 heterocycles. The number of hydrogen-bond acceptors (Lipinski definition) is 3. The molecule has 0 unspecified atom stereocenters. The maximum atomic E-state index is 6.44. The summed E-state index contributed by atoms with van der Waals surface area (Å²) < 4.78 is 6.44. The highest BCUT2D eigenvalue weighted by atomic mass is 16.3. The average Bonchev–Trinajstić information content (AvgIpc) is 3.06. The second kappa shape index (κ2) is 6.41. The molecule has 29 heavy (non-hydrogen) atoms. The van der Waals surface area contributed by atoms with Gasteiger partial charge >= 0.3 is 0 Å². The van der Waals surface area contributed by atoms with Gasteiger partial charge in [0.2, 0.25) is 0 Å². The Hall–Kier alpha value is -3.20. The van der Waals surface area contributed by atoms with E-state index in [1.54, 1.807) is 0 Å². The van der Waals surface area contributed by atoms with Gasteiger partial charge in [0, 0.05) is 33.6 Å². The number of nitrogens with zero attached hydrogens (tertiary/aromatic N) is 2. The van der Waals surface area contributed by atoms with E-state index >= 15 is 0 Å². The molecule has 0 atom stereocenters. The molecule has 0 aliphatic heterocycles.